The molecule has 2 aromatic heterocycles. The number of ether oxygens (including phenoxy) is 1. The van der Waals surface area contributed by atoms with Gasteiger partial charge in [0.15, 0.2) is 5.82 Å². The smallest absolute Gasteiger partial charge is 0.246 e. The molecule has 0 saturated carbocycles. The minimum Gasteiger partial charge on any atom is -0.481 e. The number of aromatic nitrogens is 3. The van der Waals surface area contributed by atoms with Crippen LogP contribution in [-0.2, 0) is 12.0 Å². The Morgan fingerprint density at radius 1 is 1.30 bits per heavy atom. The van der Waals surface area contributed by atoms with Gasteiger partial charge in [-0.05, 0) is 18.4 Å². The molecule has 0 aliphatic carbocycles. The Morgan fingerprint density at radius 3 is 2.60 bits per heavy atom. The number of nitrogens with zero attached hydrogens (tertiary/aromatic N) is 3. The topological polar surface area (TPSA) is 87.1 Å². The highest BCUT2D eigenvalue weighted by molar-refractivity contribution is 5.20. The first kappa shape index (κ1) is 14.5. The van der Waals surface area contributed by atoms with Gasteiger partial charge in [0.25, 0.3) is 0 Å². The Balaban J connectivity index is 2.12. The molecule has 0 amide bonds. The van der Waals surface area contributed by atoms with Crippen molar-refractivity contribution in [2.45, 2.75) is 38.6 Å². The van der Waals surface area contributed by atoms with Crippen LogP contribution in [-0.4, -0.2) is 22.2 Å². The SMILES string of the molecule is CCC(N)(CC)c1nc(Cc2ccc(OC)nc2)no1. The zero-order chi connectivity index (χ0) is 14.6. The first-order valence-corrected chi connectivity index (χ1v) is 6.72. The highest BCUT2D eigenvalue weighted by Crippen LogP contribution is 2.24. The molecule has 0 spiro atoms. The van der Waals surface area contributed by atoms with Gasteiger partial charge in [-0.2, -0.15) is 4.98 Å². The fraction of sp³-hybridized carbons (Fsp3) is 0.500. The van der Waals surface area contributed by atoms with Crippen molar-refractivity contribution in [3.05, 3.63) is 35.6 Å². The third-order valence-electron chi connectivity index (χ3n) is 3.52. The van der Waals surface area contributed by atoms with Crippen LogP contribution in [0.15, 0.2) is 22.9 Å². The van der Waals surface area contributed by atoms with E-state index >= 15 is 0 Å². The summed E-state index contributed by atoms with van der Waals surface area (Å²) in [5, 5.41) is 3.99. The van der Waals surface area contributed by atoms with Gasteiger partial charge in [0.2, 0.25) is 11.8 Å². The molecule has 6 nitrogen and oxygen atoms in total. The van der Waals surface area contributed by atoms with Crippen molar-refractivity contribution in [3.63, 3.8) is 0 Å². The molecular formula is C14H20N4O2. The Hall–Kier alpha value is -1.95. The molecule has 0 fully saturated rings. The molecule has 0 aromatic carbocycles. The average molecular weight is 276 g/mol. The summed E-state index contributed by atoms with van der Waals surface area (Å²) < 4.78 is 10.3. The van der Waals surface area contributed by atoms with Gasteiger partial charge in [-0.1, -0.05) is 25.1 Å². The van der Waals surface area contributed by atoms with Crippen molar-refractivity contribution in [1.82, 2.24) is 15.1 Å². The minimum atomic E-state index is -0.538. The van der Waals surface area contributed by atoms with E-state index in [2.05, 4.69) is 15.1 Å². The molecule has 0 radical (unpaired) electrons. The zero-order valence-corrected chi connectivity index (χ0v) is 12.1. The lowest BCUT2D eigenvalue weighted by Gasteiger charge is -2.20. The van der Waals surface area contributed by atoms with Crippen LogP contribution < -0.4 is 10.5 Å². The molecule has 20 heavy (non-hydrogen) atoms. The van der Waals surface area contributed by atoms with E-state index < -0.39 is 5.54 Å². The van der Waals surface area contributed by atoms with Crippen LogP contribution in [0.5, 0.6) is 5.88 Å². The Kier molecular flexibility index (Phi) is 4.34. The van der Waals surface area contributed by atoms with Crippen LogP contribution in [0.3, 0.4) is 0 Å². The number of nitrogens with two attached hydrogens (primary N) is 1. The van der Waals surface area contributed by atoms with E-state index in [1.54, 1.807) is 13.3 Å². The molecule has 2 rings (SSSR count). The molecular weight excluding hydrogens is 256 g/mol. The number of methoxy groups -OCH3 is 1. The van der Waals surface area contributed by atoms with Crippen molar-refractivity contribution < 1.29 is 9.26 Å². The van der Waals surface area contributed by atoms with Gasteiger partial charge < -0.3 is 15.0 Å². The third kappa shape index (κ3) is 2.96. The van der Waals surface area contributed by atoms with Gasteiger partial charge in [-0.3, -0.25) is 0 Å². The van der Waals surface area contributed by atoms with E-state index in [4.69, 9.17) is 15.0 Å². The largest absolute Gasteiger partial charge is 0.481 e. The lowest BCUT2D eigenvalue weighted by molar-refractivity contribution is 0.267. The molecule has 108 valence electrons. The van der Waals surface area contributed by atoms with E-state index in [1.165, 1.54) is 0 Å². The van der Waals surface area contributed by atoms with Gasteiger partial charge in [-0.15, -0.1) is 0 Å². The van der Waals surface area contributed by atoms with E-state index in [9.17, 15) is 0 Å². The van der Waals surface area contributed by atoms with Crippen LogP contribution in [0.25, 0.3) is 0 Å². The van der Waals surface area contributed by atoms with Gasteiger partial charge in [-0.25, -0.2) is 4.98 Å². The molecule has 0 atom stereocenters. The van der Waals surface area contributed by atoms with Gasteiger partial charge in [0, 0.05) is 18.7 Å². The normalized spacial score (nSPS) is 11.6. The lowest BCUT2D eigenvalue weighted by Crippen LogP contribution is -2.35. The molecule has 0 aliphatic heterocycles. The lowest BCUT2D eigenvalue weighted by atomic mass is 9.94. The monoisotopic (exact) mass is 276 g/mol. The first-order valence-electron chi connectivity index (χ1n) is 6.72. The van der Waals surface area contributed by atoms with Crippen LogP contribution in [0, 0.1) is 0 Å². The fourth-order valence-corrected chi connectivity index (χ4v) is 1.90. The summed E-state index contributed by atoms with van der Waals surface area (Å²) in [7, 11) is 1.59. The molecule has 6 heteroatoms. The maximum atomic E-state index is 6.24. The van der Waals surface area contributed by atoms with Crippen LogP contribution >= 0.6 is 0 Å². The number of rotatable bonds is 6. The second-order valence-electron chi connectivity index (χ2n) is 4.76. The maximum Gasteiger partial charge on any atom is 0.246 e. The zero-order valence-electron chi connectivity index (χ0n) is 12.1. The summed E-state index contributed by atoms with van der Waals surface area (Å²) in [6, 6.07) is 3.73. The molecule has 0 unspecified atom stereocenters. The number of hydrogen-bond donors (Lipinski definition) is 1. The molecule has 0 saturated heterocycles. The highest BCUT2D eigenvalue weighted by Gasteiger charge is 2.29. The van der Waals surface area contributed by atoms with Crippen molar-refractivity contribution in [1.29, 1.82) is 0 Å². The Bertz CT molecular complexity index is 547. The minimum absolute atomic E-state index is 0.499. The van der Waals surface area contributed by atoms with Crippen molar-refractivity contribution in [2.75, 3.05) is 7.11 Å². The first-order chi connectivity index (χ1) is 9.61. The second-order valence-corrected chi connectivity index (χ2v) is 4.76. The van der Waals surface area contributed by atoms with Crippen molar-refractivity contribution >= 4 is 0 Å². The van der Waals surface area contributed by atoms with Crippen LogP contribution in [0.4, 0.5) is 0 Å². The summed E-state index contributed by atoms with van der Waals surface area (Å²) in [6.07, 6.45) is 3.82. The van der Waals surface area contributed by atoms with E-state index in [-0.39, 0.29) is 0 Å². The summed E-state index contributed by atoms with van der Waals surface area (Å²) in [5.41, 5.74) is 6.69. The predicted molar refractivity (Wildman–Crippen MR) is 74.3 cm³/mol. The molecule has 0 bridgehead atoms. The van der Waals surface area contributed by atoms with Gasteiger partial charge in [0.05, 0.1) is 12.6 Å². The quantitative estimate of drug-likeness (QED) is 0.868. The molecule has 2 N–H and O–H groups in total. The predicted octanol–water partition coefficient (Wildman–Crippen LogP) is 2.04. The summed E-state index contributed by atoms with van der Waals surface area (Å²) in [4.78, 5) is 8.55. The number of hydrogen-bond acceptors (Lipinski definition) is 6. The fourth-order valence-electron chi connectivity index (χ4n) is 1.90. The van der Waals surface area contributed by atoms with E-state index in [0.717, 1.165) is 18.4 Å². The number of pyridine rings is 1. The summed E-state index contributed by atoms with van der Waals surface area (Å²) >= 11 is 0. The molecule has 2 aromatic rings. The molecule has 0 aliphatic rings. The highest BCUT2D eigenvalue weighted by atomic mass is 16.5. The summed E-state index contributed by atoms with van der Waals surface area (Å²) in [6.45, 7) is 4.03. The average Bonchev–Trinajstić information content (AvgIpc) is 2.96. The van der Waals surface area contributed by atoms with Gasteiger partial charge >= 0.3 is 0 Å². The maximum absolute atomic E-state index is 6.24. The van der Waals surface area contributed by atoms with Crippen LogP contribution in [0.2, 0.25) is 0 Å². The molecule has 2 heterocycles. The van der Waals surface area contributed by atoms with E-state index in [0.29, 0.717) is 24.0 Å². The van der Waals surface area contributed by atoms with Crippen LogP contribution in [0.1, 0.15) is 44.0 Å². The third-order valence-corrected chi connectivity index (χ3v) is 3.52. The van der Waals surface area contributed by atoms with Crippen molar-refractivity contribution in [2.24, 2.45) is 5.73 Å². The Morgan fingerprint density at radius 2 is 2.05 bits per heavy atom. The van der Waals surface area contributed by atoms with E-state index in [1.807, 2.05) is 26.0 Å². The van der Waals surface area contributed by atoms with Gasteiger partial charge in [0.1, 0.15) is 0 Å². The summed E-state index contributed by atoms with van der Waals surface area (Å²) in [5.74, 6) is 1.70. The Labute approximate surface area is 118 Å². The second kappa shape index (κ2) is 6.00. The van der Waals surface area contributed by atoms with Crippen molar-refractivity contribution in [3.8, 4) is 5.88 Å². The standard InChI is InChI=1S/C14H20N4O2/c1-4-14(15,5-2)13-17-11(18-20-13)8-10-6-7-12(19-3)16-9-10/h6-7,9H,4-5,8,15H2,1-3H3.